The van der Waals surface area contributed by atoms with Crippen LogP contribution >= 0.6 is 0 Å². The van der Waals surface area contributed by atoms with Crippen molar-refractivity contribution in [1.82, 2.24) is 9.88 Å². The van der Waals surface area contributed by atoms with Crippen molar-refractivity contribution in [3.8, 4) is 0 Å². The lowest BCUT2D eigenvalue weighted by Gasteiger charge is -2.37. The van der Waals surface area contributed by atoms with Crippen molar-refractivity contribution in [3.05, 3.63) is 29.6 Å². The predicted molar refractivity (Wildman–Crippen MR) is 69.3 cm³/mol. The van der Waals surface area contributed by atoms with Gasteiger partial charge in [0.25, 0.3) is 5.91 Å². The molecule has 98 valence electrons. The third-order valence-corrected chi connectivity index (χ3v) is 3.47. The molecular weight excluding hydrogens is 228 g/mol. The molecule has 1 saturated heterocycles. The molecule has 1 N–H and O–H groups in total. The number of hydrogen-bond donors (Lipinski definition) is 1. The fraction of sp³-hybridized carbons (Fsp3) is 0.571. The number of aliphatic hydroxyl groups is 1. The average molecular weight is 248 g/mol. The number of aryl methyl sites for hydroxylation is 1. The van der Waals surface area contributed by atoms with Crippen LogP contribution in [0.2, 0.25) is 0 Å². The van der Waals surface area contributed by atoms with Gasteiger partial charge >= 0.3 is 0 Å². The van der Waals surface area contributed by atoms with Gasteiger partial charge in [-0.3, -0.25) is 4.79 Å². The van der Waals surface area contributed by atoms with Crippen molar-refractivity contribution in [2.45, 2.75) is 45.3 Å². The van der Waals surface area contributed by atoms with Gasteiger partial charge in [0.05, 0.1) is 12.1 Å². The number of rotatable bonds is 2. The highest BCUT2D eigenvalue weighted by Crippen LogP contribution is 2.21. The van der Waals surface area contributed by atoms with E-state index in [0.717, 1.165) is 25.0 Å². The molecule has 1 aromatic rings. The highest BCUT2D eigenvalue weighted by molar-refractivity contribution is 5.92. The van der Waals surface area contributed by atoms with E-state index in [4.69, 9.17) is 0 Å². The summed E-state index contributed by atoms with van der Waals surface area (Å²) < 4.78 is 0. The van der Waals surface area contributed by atoms with Gasteiger partial charge in [0.15, 0.2) is 0 Å². The smallest absolute Gasteiger partial charge is 0.272 e. The fourth-order valence-corrected chi connectivity index (χ4v) is 2.52. The molecule has 4 heteroatoms. The largest absolute Gasteiger partial charge is 0.391 e. The molecule has 1 aliphatic rings. The minimum absolute atomic E-state index is 0.0655. The van der Waals surface area contributed by atoms with E-state index in [9.17, 15) is 9.90 Å². The third-order valence-electron chi connectivity index (χ3n) is 3.47. The minimum atomic E-state index is -0.487. The maximum atomic E-state index is 12.4. The van der Waals surface area contributed by atoms with Gasteiger partial charge in [0, 0.05) is 12.2 Å². The van der Waals surface area contributed by atoms with E-state index in [0.29, 0.717) is 12.2 Å². The number of likely N-dealkylation sites (tertiary alicyclic amines) is 1. The number of pyridine rings is 1. The molecule has 0 bridgehead atoms. The first-order chi connectivity index (χ1) is 8.59. The first-order valence-electron chi connectivity index (χ1n) is 6.52. The van der Waals surface area contributed by atoms with Gasteiger partial charge in [-0.05, 0) is 45.2 Å². The number of amides is 1. The van der Waals surface area contributed by atoms with E-state index in [1.807, 2.05) is 19.1 Å². The highest BCUT2D eigenvalue weighted by Gasteiger charge is 2.30. The summed E-state index contributed by atoms with van der Waals surface area (Å²) in [4.78, 5) is 18.5. The van der Waals surface area contributed by atoms with Crippen LogP contribution < -0.4 is 0 Å². The zero-order valence-corrected chi connectivity index (χ0v) is 11.0. The fourth-order valence-electron chi connectivity index (χ4n) is 2.52. The predicted octanol–water partition coefficient (Wildman–Crippen LogP) is 1.77. The van der Waals surface area contributed by atoms with Crippen molar-refractivity contribution in [1.29, 1.82) is 0 Å². The third kappa shape index (κ3) is 2.70. The SMILES string of the molecule is Cc1cccc(C(=O)N2CCCCC2C(C)O)n1. The molecule has 0 saturated carbocycles. The van der Waals surface area contributed by atoms with E-state index in [2.05, 4.69) is 4.98 Å². The number of aromatic nitrogens is 1. The maximum Gasteiger partial charge on any atom is 0.272 e. The Morgan fingerprint density at radius 2 is 2.28 bits per heavy atom. The monoisotopic (exact) mass is 248 g/mol. The lowest BCUT2D eigenvalue weighted by Crippen LogP contribution is -2.49. The van der Waals surface area contributed by atoms with Crippen LogP contribution in [0.4, 0.5) is 0 Å². The summed E-state index contributed by atoms with van der Waals surface area (Å²) in [6.45, 7) is 4.34. The van der Waals surface area contributed by atoms with Gasteiger partial charge in [-0.25, -0.2) is 4.98 Å². The summed E-state index contributed by atoms with van der Waals surface area (Å²) in [5, 5.41) is 9.78. The normalized spacial score (nSPS) is 21.7. The maximum absolute atomic E-state index is 12.4. The summed E-state index contributed by atoms with van der Waals surface area (Å²) >= 11 is 0. The molecule has 2 unspecified atom stereocenters. The summed E-state index contributed by atoms with van der Waals surface area (Å²) in [7, 11) is 0. The van der Waals surface area contributed by atoms with Crippen LogP contribution in [-0.4, -0.2) is 39.6 Å². The quantitative estimate of drug-likeness (QED) is 0.867. The average Bonchev–Trinajstić information content (AvgIpc) is 2.38. The molecule has 1 fully saturated rings. The second kappa shape index (κ2) is 5.48. The van der Waals surface area contributed by atoms with Crippen molar-refractivity contribution in [2.75, 3.05) is 6.54 Å². The minimum Gasteiger partial charge on any atom is -0.391 e. The van der Waals surface area contributed by atoms with Gasteiger partial charge in [-0.15, -0.1) is 0 Å². The first-order valence-corrected chi connectivity index (χ1v) is 6.52. The molecule has 2 atom stereocenters. The Labute approximate surface area is 108 Å². The molecule has 18 heavy (non-hydrogen) atoms. The molecule has 2 heterocycles. The summed E-state index contributed by atoms with van der Waals surface area (Å²) in [6, 6.07) is 5.38. The molecule has 1 amide bonds. The molecule has 0 aliphatic carbocycles. The zero-order valence-electron chi connectivity index (χ0n) is 11.0. The molecule has 4 nitrogen and oxygen atoms in total. The first kappa shape index (κ1) is 13.0. The van der Waals surface area contributed by atoms with E-state index in [1.165, 1.54) is 0 Å². The molecular formula is C14H20N2O2. The second-order valence-corrected chi connectivity index (χ2v) is 4.97. The van der Waals surface area contributed by atoms with Crippen molar-refractivity contribution in [3.63, 3.8) is 0 Å². The van der Waals surface area contributed by atoms with Gasteiger partial charge in [-0.2, -0.15) is 0 Å². The zero-order chi connectivity index (χ0) is 13.1. The van der Waals surface area contributed by atoms with Gasteiger partial charge in [0.1, 0.15) is 5.69 Å². The number of carbonyl (C=O) groups excluding carboxylic acids is 1. The van der Waals surface area contributed by atoms with Crippen LogP contribution in [0.15, 0.2) is 18.2 Å². The Bertz CT molecular complexity index is 432. The molecule has 0 radical (unpaired) electrons. The Hall–Kier alpha value is -1.42. The summed E-state index contributed by atoms with van der Waals surface area (Å²) in [6.07, 6.45) is 2.45. The Morgan fingerprint density at radius 1 is 1.50 bits per heavy atom. The topological polar surface area (TPSA) is 53.4 Å². The van der Waals surface area contributed by atoms with Crippen molar-refractivity contribution < 1.29 is 9.90 Å². The van der Waals surface area contributed by atoms with Crippen molar-refractivity contribution >= 4 is 5.91 Å². The number of hydrogen-bond acceptors (Lipinski definition) is 3. The summed E-state index contributed by atoms with van der Waals surface area (Å²) in [5.41, 5.74) is 1.31. The molecule has 1 aliphatic heterocycles. The number of piperidine rings is 1. The summed E-state index contributed by atoms with van der Waals surface area (Å²) in [5.74, 6) is -0.0655. The Kier molecular flexibility index (Phi) is 3.97. The lowest BCUT2D eigenvalue weighted by molar-refractivity contribution is 0.0276. The molecule has 0 spiro atoms. The van der Waals surface area contributed by atoms with Crippen LogP contribution in [0.5, 0.6) is 0 Å². The molecule has 1 aromatic heterocycles. The van der Waals surface area contributed by atoms with E-state index < -0.39 is 6.10 Å². The van der Waals surface area contributed by atoms with Gasteiger partial charge < -0.3 is 10.0 Å². The van der Waals surface area contributed by atoms with E-state index >= 15 is 0 Å². The van der Waals surface area contributed by atoms with Gasteiger partial charge in [0.2, 0.25) is 0 Å². The second-order valence-electron chi connectivity index (χ2n) is 4.97. The highest BCUT2D eigenvalue weighted by atomic mass is 16.3. The molecule has 0 aromatic carbocycles. The van der Waals surface area contributed by atoms with Crippen molar-refractivity contribution in [2.24, 2.45) is 0 Å². The van der Waals surface area contributed by atoms with Crippen LogP contribution in [0, 0.1) is 6.92 Å². The van der Waals surface area contributed by atoms with Crippen LogP contribution in [0.25, 0.3) is 0 Å². The number of nitrogens with zero attached hydrogens (tertiary/aromatic N) is 2. The number of carbonyl (C=O) groups is 1. The Balaban J connectivity index is 2.21. The van der Waals surface area contributed by atoms with Crippen LogP contribution in [-0.2, 0) is 0 Å². The van der Waals surface area contributed by atoms with E-state index in [1.54, 1.807) is 17.9 Å². The van der Waals surface area contributed by atoms with Crippen LogP contribution in [0.3, 0.4) is 0 Å². The standard InChI is InChI=1S/C14H20N2O2/c1-10-6-5-7-12(15-10)14(18)16-9-4-3-8-13(16)11(2)17/h5-7,11,13,17H,3-4,8-9H2,1-2H3. The van der Waals surface area contributed by atoms with Gasteiger partial charge in [-0.1, -0.05) is 6.07 Å². The van der Waals surface area contributed by atoms with E-state index in [-0.39, 0.29) is 11.9 Å². The Morgan fingerprint density at radius 3 is 2.94 bits per heavy atom. The lowest BCUT2D eigenvalue weighted by atomic mass is 9.97. The molecule has 2 rings (SSSR count). The number of aliphatic hydroxyl groups excluding tert-OH is 1. The van der Waals surface area contributed by atoms with Crippen LogP contribution in [0.1, 0.15) is 42.4 Å².